The van der Waals surface area contributed by atoms with Crippen molar-refractivity contribution in [3.63, 3.8) is 0 Å². The molecule has 0 amide bonds. The van der Waals surface area contributed by atoms with Crippen LogP contribution >= 0.6 is 0 Å². The molecule has 0 unspecified atom stereocenters. The van der Waals surface area contributed by atoms with E-state index in [1.807, 2.05) is 20.8 Å². The third-order valence-electron chi connectivity index (χ3n) is 0.167. The Balaban J connectivity index is -0.0000000249. The van der Waals surface area contributed by atoms with Gasteiger partial charge in [0.05, 0.1) is 0 Å². The summed E-state index contributed by atoms with van der Waals surface area (Å²) in [6.07, 6.45) is 6.28. The molecule has 0 spiro atoms. The van der Waals surface area contributed by atoms with Crippen LogP contribution in [-0.4, -0.2) is 0 Å². The van der Waals surface area contributed by atoms with Crippen LogP contribution in [0.1, 0.15) is 41.0 Å². The molecule has 0 rings (SSSR count). The van der Waals surface area contributed by atoms with Gasteiger partial charge in [-0.05, 0) is 6.92 Å². The molecule has 0 N–H and O–H groups in total. The van der Waals surface area contributed by atoms with E-state index in [9.17, 15) is 0 Å². The van der Waals surface area contributed by atoms with Gasteiger partial charge in [0.25, 0.3) is 0 Å². The molecule has 0 aliphatic carbocycles. The van der Waals surface area contributed by atoms with Crippen molar-refractivity contribution in [3.05, 3.63) is 51.1 Å². The van der Waals surface area contributed by atoms with Gasteiger partial charge in [0, 0.05) is 0 Å². The van der Waals surface area contributed by atoms with Crippen molar-refractivity contribution in [2.45, 2.75) is 41.0 Å². The van der Waals surface area contributed by atoms with E-state index in [2.05, 4.69) is 46.7 Å². The maximum Gasteiger partial charge on any atom is -0.0473 e. The van der Waals surface area contributed by atoms with Gasteiger partial charge in [-0.15, -0.1) is 19.7 Å². The zero-order chi connectivity index (χ0) is 12.8. The van der Waals surface area contributed by atoms with Crippen molar-refractivity contribution in [3.8, 4) is 0 Å². The van der Waals surface area contributed by atoms with Crippen molar-refractivity contribution in [1.29, 1.82) is 0 Å². The first-order chi connectivity index (χ1) is 6.74. The molecule has 0 radical (unpaired) electrons. The normalized spacial score (nSPS) is 4.36. The molecular formula is C14H30. The largest absolute Gasteiger partial charge is 0.106 e. The summed E-state index contributed by atoms with van der Waals surface area (Å²) in [6.45, 7) is 26.2. The molecule has 0 atom stereocenters. The highest BCUT2D eigenvalue weighted by molar-refractivity contribution is 4.88. The Kier molecular flexibility index (Phi) is 343. The Morgan fingerprint density at radius 3 is 0.929 bits per heavy atom. The molecule has 0 aliphatic rings. The fourth-order valence-corrected chi connectivity index (χ4v) is 0. The van der Waals surface area contributed by atoms with E-state index < -0.39 is 0 Å². The van der Waals surface area contributed by atoms with Crippen molar-refractivity contribution < 1.29 is 0 Å². The van der Waals surface area contributed by atoms with Crippen molar-refractivity contribution in [2.75, 3.05) is 0 Å². The van der Waals surface area contributed by atoms with E-state index in [1.165, 1.54) is 6.42 Å². The molecule has 0 fully saturated rings. The summed E-state index contributed by atoms with van der Waals surface area (Å²) in [5.74, 6) is 0. The first kappa shape index (κ1) is 29.3. The van der Waals surface area contributed by atoms with Crippen molar-refractivity contribution >= 4 is 0 Å². The van der Waals surface area contributed by atoms with Crippen molar-refractivity contribution in [1.82, 2.24) is 0 Å². The quantitative estimate of drug-likeness (QED) is 0.369. The maximum atomic E-state index is 3.36. The molecule has 0 aromatic rings. The highest BCUT2D eigenvalue weighted by atomic mass is 13.4. The number of rotatable bonds is 1. The third kappa shape index (κ3) is 680000. The average molecular weight is 198 g/mol. The molecule has 0 heteroatoms. The number of allylic oxidation sites excluding steroid dienone is 3. The van der Waals surface area contributed by atoms with Crippen LogP contribution in [0.25, 0.3) is 0 Å². The van der Waals surface area contributed by atoms with Crippen LogP contribution in [0.4, 0.5) is 0 Å². The Labute approximate surface area is 92.7 Å². The Morgan fingerprint density at radius 2 is 0.929 bits per heavy atom. The summed E-state index contributed by atoms with van der Waals surface area (Å²) >= 11 is 0. The standard InChI is InChI=1S/C4H6.C3H8.C3H6.C2H6.C2H4/c1-3-4-2;2*1-3-2;2*1-2/h3-4H,1-2H2;3H2,1-2H3;3H,1H2,2H3;1-2H3;1-2H2. The molecule has 0 bridgehead atoms. The summed E-state index contributed by atoms with van der Waals surface area (Å²) in [5, 5.41) is 0. The van der Waals surface area contributed by atoms with E-state index >= 15 is 0 Å². The van der Waals surface area contributed by atoms with E-state index in [1.54, 1.807) is 18.2 Å². The van der Waals surface area contributed by atoms with Gasteiger partial charge in [-0.25, -0.2) is 0 Å². The second-order valence-corrected chi connectivity index (χ2v) is 1.59. The van der Waals surface area contributed by atoms with E-state index in [0.29, 0.717) is 0 Å². The summed E-state index contributed by atoms with van der Waals surface area (Å²) < 4.78 is 0. The molecule has 0 aromatic heterocycles. The molecule has 0 aliphatic heterocycles. The lowest BCUT2D eigenvalue weighted by Gasteiger charge is -1.48. The minimum absolute atomic E-state index is 1.25. The van der Waals surface area contributed by atoms with Crippen LogP contribution in [0.2, 0.25) is 0 Å². The second-order valence-electron chi connectivity index (χ2n) is 1.59. The lowest BCUT2D eigenvalue weighted by atomic mass is 10.6. The number of hydrogen-bond donors (Lipinski definition) is 0. The van der Waals surface area contributed by atoms with E-state index in [0.717, 1.165) is 0 Å². The topological polar surface area (TPSA) is 0 Å². The lowest BCUT2D eigenvalue weighted by Crippen LogP contribution is -1.27. The predicted octanol–water partition coefficient (Wildman–Crippen LogP) is 5.80. The maximum absolute atomic E-state index is 3.36. The molecule has 0 saturated carbocycles. The SMILES string of the molecule is C=C.C=CC.C=CC=C.CC.CCC. The molecule has 0 aromatic carbocycles. The van der Waals surface area contributed by atoms with E-state index in [4.69, 9.17) is 0 Å². The smallest absolute Gasteiger partial charge is 0.0473 e. The fourth-order valence-electron chi connectivity index (χ4n) is 0. The van der Waals surface area contributed by atoms with Crippen LogP contribution in [0.15, 0.2) is 51.1 Å². The third-order valence-corrected chi connectivity index (χ3v) is 0.167. The van der Waals surface area contributed by atoms with Crippen LogP contribution in [-0.2, 0) is 0 Å². The zero-order valence-corrected chi connectivity index (χ0v) is 11.0. The predicted molar refractivity (Wildman–Crippen MR) is 74.8 cm³/mol. The van der Waals surface area contributed by atoms with Crippen molar-refractivity contribution in [2.24, 2.45) is 0 Å². The number of hydrogen-bond acceptors (Lipinski definition) is 0. The van der Waals surface area contributed by atoms with Gasteiger partial charge < -0.3 is 0 Å². The van der Waals surface area contributed by atoms with Gasteiger partial charge in [0.15, 0.2) is 0 Å². The summed E-state index contributed by atoms with van der Waals surface area (Å²) in [5.41, 5.74) is 0. The van der Waals surface area contributed by atoms with Crippen LogP contribution < -0.4 is 0 Å². The molecular weight excluding hydrogens is 168 g/mol. The summed E-state index contributed by atoms with van der Waals surface area (Å²) in [6, 6.07) is 0. The molecule has 86 valence electrons. The second kappa shape index (κ2) is 164. The van der Waals surface area contributed by atoms with Gasteiger partial charge >= 0.3 is 0 Å². The highest BCUT2D eigenvalue weighted by Gasteiger charge is 1.35. The van der Waals surface area contributed by atoms with E-state index in [-0.39, 0.29) is 0 Å². The minimum Gasteiger partial charge on any atom is -0.106 e. The molecule has 0 saturated heterocycles. The summed E-state index contributed by atoms with van der Waals surface area (Å²) in [7, 11) is 0. The highest BCUT2D eigenvalue weighted by Crippen LogP contribution is 1.56. The lowest BCUT2D eigenvalue weighted by molar-refractivity contribution is 1.09. The zero-order valence-electron chi connectivity index (χ0n) is 11.0. The van der Waals surface area contributed by atoms with Gasteiger partial charge in [-0.1, -0.05) is 65.5 Å². The molecule has 0 nitrogen and oxygen atoms in total. The molecule has 14 heavy (non-hydrogen) atoms. The minimum atomic E-state index is 1.25. The van der Waals surface area contributed by atoms with Gasteiger partial charge in [-0.2, -0.15) is 0 Å². The Bertz CT molecular complexity index is 64.1. The first-order valence-electron chi connectivity index (χ1n) is 5.05. The Morgan fingerprint density at radius 1 is 0.857 bits per heavy atom. The Hall–Kier alpha value is -1.04. The summed E-state index contributed by atoms with van der Waals surface area (Å²) in [4.78, 5) is 0. The van der Waals surface area contributed by atoms with Crippen LogP contribution in [0, 0.1) is 0 Å². The monoisotopic (exact) mass is 198 g/mol. The molecule has 0 heterocycles. The average Bonchev–Trinajstić information content (AvgIpc) is 2.26. The van der Waals surface area contributed by atoms with Gasteiger partial charge in [-0.3, -0.25) is 0 Å². The first-order valence-corrected chi connectivity index (χ1v) is 5.05. The van der Waals surface area contributed by atoms with Crippen LogP contribution in [0.3, 0.4) is 0 Å². The van der Waals surface area contributed by atoms with Gasteiger partial charge in [0.2, 0.25) is 0 Å². The fraction of sp³-hybridized carbons (Fsp3) is 0.429. The van der Waals surface area contributed by atoms with Gasteiger partial charge in [0.1, 0.15) is 0 Å². The van der Waals surface area contributed by atoms with Crippen LogP contribution in [0.5, 0.6) is 0 Å².